The van der Waals surface area contributed by atoms with Crippen molar-refractivity contribution in [2.75, 3.05) is 6.61 Å². The Morgan fingerprint density at radius 3 is 2.32 bits per heavy atom. The van der Waals surface area contributed by atoms with Crippen molar-refractivity contribution >= 4 is 5.97 Å². The number of carboxylic acid groups (broad SMARTS) is 1. The van der Waals surface area contributed by atoms with Crippen LogP contribution in [0.2, 0.25) is 0 Å². The molecule has 2 N–H and O–H groups in total. The Morgan fingerprint density at radius 2 is 1.72 bits per heavy atom. The summed E-state index contributed by atoms with van der Waals surface area (Å²) in [5.74, 6) is -0.688. The lowest BCUT2D eigenvalue weighted by atomic mass is 10.1. The summed E-state index contributed by atoms with van der Waals surface area (Å²) in [5, 5.41) is 12.1. The van der Waals surface area contributed by atoms with E-state index in [4.69, 9.17) is 9.84 Å². The Bertz CT molecular complexity index is 705. The largest absolute Gasteiger partial charge is 0.490 e. The summed E-state index contributed by atoms with van der Waals surface area (Å²) in [6.45, 7) is 0.232. The summed E-state index contributed by atoms with van der Waals surface area (Å²) >= 11 is 0. The molecule has 25 heavy (non-hydrogen) atoms. The van der Waals surface area contributed by atoms with E-state index < -0.39 is 12.6 Å². The Kier molecular flexibility index (Phi) is 6.71. The molecule has 0 aliphatic carbocycles. The van der Waals surface area contributed by atoms with Gasteiger partial charge in [0.1, 0.15) is 0 Å². The van der Waals surface area contributed by atoms with E-state index in [1.165, 1.54) is 6.07 Å². The normalized spacial score (nSPS) is 10.7. The molecule has 0 spiro atoms. The predicted molar refractivity (Wildman–Crippen MR) is 88.2 cm³/mol. The summed E-state index contributed by atoms with van der Waals surface area (Å²) in [6, 6.07) is 11.4. The third-order valence-electron chi connectivity index (χ3n) is 3.38. The molecular formula is C18H19F2NO4. The fraction of sp³-hybridized carbons (Fsp3) is 0.278. The Hall–Kier alpha value is -2.67. The van der Waals surface area contributed by atoms with Crippen molar-refractivity contribution in [1.29, 1.82) is 0 Å². The Balaban J connectivity index is 1.95. The first-order valence-electron chi connectivity index (χ1n) is 7.73. The number of ether oxygens (including phenoxy) is 2. The van der Waals surface area contributed by atoms with E-state index in [0.717, 1.165) is 11.1 Å². The molecule has 134 valence electrons. The van der Waals surface area contributed by atoms with Gasteiger partial charge in [-0.05, 0) is 42.3 Å². The van der Waals surface area contributed by atoms with Crippen LogP contribution in [0.5, 0.6) is 11.5 Å². The van der Waals surface area contributed by atoms with E-state index in [1.807, 2.05) is 0 Å². The number of nitrogens with one attached hydrogen (secondary N) is 1. The molecule has 0 aliphatic heterocycles. The van der Waals surface area contributed by atoms with Crippen molar-refractivity contribution < 1.29 is 28.2 Å². The van der Waals surface area contributed by atoms with Crippen LogP contribution >= 0.6 is 0 Å². The molecule has 0 unspecified atom stereocenters. The van der Waals surface area contributed by atoms with Gasteiger partial charge < -0.3 is 19.9 Å². The molecule has 0 atom stereocenters. The van der Waals surface area contributed by atoms with Crippen molar-refractivity contribution in [2.24, 2.45) is 0 Å². The van der Waals surface area contributed by atoms with Crippen molar-refractivity contribution in [1.82, 2.24) is 5.32 Å². The molecule has 0 fully saturated rings. The summed E-state index contributed by atoms with van der Waals surface area (Å²) in [7, 11) is 0. The van der Waals surface area contributed by atoms with Crippen molar-refractivity contribution in [3.8, 4) is 11.5 Å². The van der Waals surface area contributed by atoms with Crippen LogP contribution in [0.3, 0.4) is 0 Å². The van der Waals surface area contributed by atoms with E-state index >= 15 is 0 Å². The molecule has 0 saturated carbocycles. The van der Waals surface area contributed by atoms with Gasteiger partial charge in [-0.25, -0.2) is 4.79 Å². The van der Waals surface area contributed by atoms with Crippen LogP contribution in [-0.2, 0) is 13.1 Å². The summed E-state index contributed by atoms with van der Waals surface area (Å²) in [5.41, 5.74) is 2.03. The number of carboxylic acids is 1. The number of rotatable bonds is 9. The molecule has 2 aromatic carbocycles. The highest BCUT2D eigenvalue weighted by Gasteiger charge is 2.11. The molecule has 2 rings (SSSR count). The lowest BCUT2D eigenvalue weighted by molar-refractivity contribution is -0.0514. The van der Waals surface area contributed by atoms with Gasteiger partial charge in [0.25, 0.3) is 0 Å². The second kappa shape index (κ2) is 8.98. The van der Waals surface area contributed by atoms with Crippen LogP contribution in [0.25, 0.3) is 0 Å². The van der Waals surface area contributed by atoms with E-state index in [1.54, 1.807) is 43.3 Å². The number of hydrogen-bond acceptors (Lipinski definition) is 4. The van der Waals surface area contributed by atoms with Crippen LogP contribution in [0, 0.1) is 0 Å². The number of carbonyl (C=O) groups is 1. The Morgan fingerprint density at radius 1 is 1.08 bits per heavy atom. The zero-order chi connectivity index (χ0) is 18.2. The second-order valence-electron chi connectivity index (χ2n) is 5.20. The maximum atomic E-state index is 12.4. The van der Waals surface area contributed by atoms with Gasteiger partial charge in [0.2, 0.25) is 0 Å². The maximum absolute atomic E-state index is 12.4. The first kappa shape index (κ1) is 18.7. The van der Waals surface area contributed by atoms with Gasteiger partial charge in [-0.3, -0.25) is 0 Å². The standard InChI is InChI=1S/C18H19F2NO4/c1-2-24-16-9-13(5-8-15(16)25-18(19)20)11-21-10-12-3-6-14(7-4-12)17(22)23/h3-9,18,21H,2,10-11H2,1H3,(H,22,23). The van der Waals surface area contributed by atoms with Gasteiger partial charge in [-0.2, -0.15) is 8.78 Å². The smallest absolute Gasteiger partial charge is 0.387 e. The van der Waals surface area contributed by atoms with Gasteiger partial charge in [-0.15, -0.1) is 0 Å². The number of hydrogen-bond donors (Lipinski definition) is 2. The van der Waals surface area contributed by atoms with E-state index in [-0.39, 0.29) is 17.1 Å². The van der Waals surface area contributed by atoms with E-state index in [0.29, 0.717) is 19.7 Å². The first-order chi connectivity index (χ1) is 12.0. The number of halogens is 2. The number of benzene rings is 2. The summed E-state index contributed by atoms with van der Waals surface area (Å²) in [4.78, 5) is 10.8. The molecule has 0 saturated heterocycles. The molecular weight excluding hydrogens is 332 g/mol. The third kappa shape index (κ3) is 5.72. The highest BCUT2D eigenvalue weighted by atomic mass is 19.3. The van der Waals surface area contributed by atoms with Crippen LogP contribution in [0.1, 0.15) is 28.4 Å². The lowest BCUT2D eigenvalue weighted by Crippen LogP contribution is -2.13. The van der Waals surface area contributed by atoms with Gasteiger partial charge in [0.05, 0.1) is 12.2 Å². The summed E-state index contributed by atoms with van der Waals surface area (Å²) < 4.78 is 34.5. The van der Waals surface area contributed by atoms with Gasteiger partial charge in [0.15, 0.2) is 11.5 Å². The second-order valence-corrected chi connectivity index (χ2v) is 5.20. The van der Waals surface area contributed by atoms with E-state index in [9.17, 15) is 13.6 Å². The molecule has 2 aromatic rings. The lowest BCUT2D eigenvalue weighted by Gasteiger charge is -2.13. The SMILES string of the molecule is CCOc1cc(CNCc2ccc(C(=O)O)cc2)ccc1OC(F)F. The predicted octanol–water partition coefficient (Wildman–Crippen LogP) is 3.67. The third-order valence-corrected chi connectivity index (χ3v) is 3.38. The minimum Gasteiger partial charge on any atom is -0.490 e. The molecule has 0 heterocycles. The fourth-order valence-electron chi connectivity index (χ4n) is 2.24. The van der Waals surface area contributed by atoms with E-state index in [2.05, 4.69) is 10.1 Å². The zero-order valence-corrected chi connectivity index (χ0v) is 13.7. The van der Waals surface area contributed by atoms with Crippen molar-refractivity contribution in [3.05, 3.63) is 59.2 Å². The molecule has 0 bridgehead atoms. The average molecular weight is 351 g/mol. The molecule has 7 heteroatoms. The van der Waals surface area contributed by atoms with Crippen LogP contribution < -0.4 is 14.8 Å². The monoisotopic (exact) mass is 351 g/mol. The van der Waals surface area contributed by atoms with Gasteiger partial charge >= 0.3 is 12.6 Å². The summed E-state index contributed by atoms with van der Waals surface area (Å²) in [6.07, 6.45) is 0. The molecule has 0 aromatic heterocycles. The molecule has 5 nitrogen and oxygen atoms in total. The van der Waals surface area contributed by atoms with Gasteiger partial charge in [-0.1, -0.05) is 18.2 Å². The molecule has 0 radical (unpaired) electrons. The minimum atomic E-state index is -2.91. The highest BCUT2D eigenvalue weighted by Crippen LogP contribution is 2.29. The molecule has 0 amide bonds. The average Bonchev–Trinajstić information content (AvgIpc) is 2.57. The highest BCUT2D eigenvalue weighted by molar-refractivity contribution is 5.87. The number of aromatic carboxylic acids is 1. The minimum absolute atomic E-state index is 0.00450. The quantitative estimate of drug-likeness (QED) is 0.721. The number of alkyl halides is 2. The van der Waals surface area contributed by atoms with Crippen molar-refractivity contribution in [2.45, 2.75) is 26.6 Å². The van der Waals surface area contributed by atoms with Crippen LogP contribution in [-0.4, -0.2) is 24.3 Å². The van der Waals surface area contributed by atoms with Gasteiger partial charge in [0, 0.05) is 13.1 Å². The van der Waals surface area contributed by atoms with Crippen LogP contribution in [0.4, 0.5) is 8.78 Å². The molecule has 0 aliphatic rings. The van der Waals surface area contributed by atoms with Crippen molar-refractivity contribution in [3.63, 3.8) is 0 Å². The first-order valence-corrected chi connectivity index (χ1v) is 7.73. The fourth-order valence-corrected chi connectivity index (χ4v) is 2.24. The van der Waals surface area contributed by atoms with Crippen LogP contribution in [0.15, 0.2) is 42.5 Å². The Labute approximate surface area is 144 Å². The topological polar surface area (TPSA) is 67.8 Å². The zero-order valence-electron chi connectivity index (χ0n) is 13.7. The maximum Gasteiger partial charge on any atom is 0.387 e.